The van der Waals surface area contributed by atoms with E-state index in [9.17, 15) is 14.6 Å². The quantitative estimate of drug-likeness (QED) is 0.731. The lowest BCUT2D eigenvalue weighted by atomic mass is 10.3. The van der Waals surface area contributed by atoms with E-state index in [1.165, 1.54) is 12.1 Å². The van der Waals surface area contributed by atoms with Crippen LogP contribution in [0, 0.1) is 5.82 Å². The lowest BCUT2D eigenvalue weighted by Crippen LogP contribution is -2.24. The number of hydrogen-bond donors (Lipinski definition) is 2. The van der Waals surface area contributed by atoms with Crippen LogP contribution in [0.5, 0.6) is 5.75 Å². The largest absolute Gasteiger partial charge is 0.488 e. The smallest absolute Gasteiger partial charge is 0.165 e. The number of rotatable bonds is 6. The zero-order valence-corrected chi connectivity index (χ0v) is 12.4. The third kappa shape index (κ3) is 3.33. The minimum absolute atomic E-state index is 0.0572. The van der Waals surface area contributed by atoms with Gasteiger partial charge in [0.2, 0.25) is 0 Å². The summed E-state index contributed by atoms with van der Waals surface area (Å²) in [5, 5.41) is 19.6. The lowest BCUT2D eigenvalue weighted by Gasteiger charge is -2.15. The van der Waals surface area contributed by atoms with Crippen LogP contribution in [0.3, 0.4) is 0 Å². The maximum absolute atomic E-state index is 13.5. The molecule has 0 saturated heterocycles. The first kappa shape index (κ1) is 15.5. The molecule has 23 heavy (non-hydrogen) atoms. The predicted octanol–water partition coefficient (Wildman–Crippen LogP) is 2.11. The van der Waals surface area contributed by atoms with E-state index in [4.69, 9.17) is 4.74 Å². The molecule has 2 N–H and O–H groups in total. The van der Waals surface area contributed by atoms with Crippen molar-refractivity contribution < 1.29 is 19.3 Å². The molecule has 1 aromatic heterocycles. The van der Waals surface area contributed by atoms with Gasteiger partial charge in [0.15, 0.2) is 11.6 Å². The van der Waals surface area contributed by atoms with Gasteiger partial charge in [-0.3, -0.25) is 0 Å². The molecule has 0 aliphatic heterocycles. The summed E-state index contributed by atoms with van der Waals surface area (Å²) < 4.78 is 20.5. The molecule has 6 heteroatoms. The molecule has 0 spiro atoms. The van der Waals surface area contributed by atoms with E-state index in [1.54, 1.807) is 16.7 Å². The Bertz CT molecular complexity index is 803. The molecular formula is C17H17FN2O3. The van der Waals surface area contributed by atoms with Crippen molar-refractivity contribution in [1.29, 1.82) is 0 Å². The van der Waals surface area contributed by atoms with E-state index in [-0.39, 0.29) is 25.5 Å². The van der Waals surface area contributed by atoms with Gasteiger partial charge in [-0.25, -0.2) is 9.37 Å². The van der Waals surface area contributed by atoms with Gasteiger partial charge in [0.05, 0.1) is 17.6 Å². The van der Waals surface area contributed by atoms with Crippen LogP contribution in [0.2, 0.25) is 0 Å². The number of imidazole rings is 1. The number of benzene rings is 2. The molecule has 5 nitrogen and oxygen atoms in total. The number of hydrogen-bond acceptors (Lipinski definition) is 4. The van der Waals surface area contributed by atoms with Gasteiger partial charge < -0.3 is 19.5 Å². The molecule has 0 saturated carbocycles. The van der Waals surface area contributed by atoms with Crippen molar-refractivity contribution in [2.24, 2.45) is 0 Å². The van der Waals surface area contributed by atoms with Crippen molar-refractivity contribution >= 4 is 11.0 Å². The number of halogens is 1. The average Bonchev–Trinajstić information content (AvgIpc) is 2.92. The maximum atomic E-state index is 13.5. The summed E-state index contributed by atoms with van der Waals surface area (Å²) in [7, 11) is 0. The van der Waals surface area contributed by atoms with E-state index in [0.717, 1.165) is 11.0 Å². The van der Waals surface area contributed by atoms with Gasteiger partial charge in [-0.2, -0.15) is 0 Å². The molecular weight excluding hydrogens is 299 g/mol. The lowest BCUT2D eigenvalue weighted by molar-refractivity contribution is 0.0895. The van der Waals surface area contributed by atoms with Crippen molar-refractivity contribution in [3.05, 3.63) is 60.2 Å². The van der Waals surface area contributed by atoms with Crippen molar-refractivity contribution in [3.63, 3.8) is 0 Å². The van der Waals surface area contributed by atoms with E-state index in [1.807, 2.05) is 24.3 Å². The summed E-state index contributed by atoms with van der Waals surface area (Å²) in [4.78, 5) is 4.32. The van der Waals surface area contributed by atoms with Crippen LogP contribution in [0.15, 0.2) is 48.5 Å². The zero-order chi connectivity index (χ0) is 16.2. The van der Waals surface area contributed by atoms with Crippen LogP contribution in [0.1, 0.15) is 5.82 Å². The molecule has 1 heterocycles. The third-order valence-electron chi connectivity index (χ3n) is 3.54. The predicted molar refractivity (Wildman–Crippen MR) is 83.6 cm³/mol. The topological polar surface area (TPSA) is 67.5 Å². The fourth-order valence-electron chi connectivity index (χ4n) is 2.46. The van der Waals surface area contributed by atoms with Crippen molar-refractivity contribution in [2.75, 3.05) is 6.61 Å². The van der Waals surface area contributed by atoms with Gasteiger partial charge >= 0.3 is 0 Å². The first-order valence-corrected chi connectivity index (χ1v) is 7.29. The second-order valence-electron chi connectivity index (χ2n) is 5.18. The monoisotopic (exact) mass is 316 g/mol. The molecule has 1 unspecified atom stereocenters. The summed E-state index contributed by atoms with van der Waals surface area (Å²) >= 11 is 0. The Hall–Kier alpha value is -2.44. The highest BCUT2D eigenvalue weighted by Gasteiger charge is 2.14. The normalized spacial score (nSPS) is 12.5. The molecule has 3 rings (SSSR count). The number of aliphatic hydroxyl groups excluding tert-OH is 2. The summed E-state index contributed by atoms with van der Waals surface area (Å²) in [5.74, 6) is 0.101. The summed E-state index contributed by atoms with van der Waals surface area (Å²) in [6, 6.07) is 13.5. The van der Waals surface area contributed by atoms with Crippen LogP contribution in [-0.4, -0.2) is 32.5 Å². The third-order valence-corrected chi connectivity index (χ3v) is 3.54. The minimum Gasteiger partial charge on any atom is -0.488 e. The van der Waals surface area contributed by atoms with Gasteiger partial charge in [-0.15, -0.1) is 0 Å². The van der Waals surface area contributed by atoms with Crippen molar-refractivity contribution in [1.82, 2.24) is 9.55 Å². The van der Waals surface area contributed by atoms with Gasteiger partial charge in [0, 0.05) is 0 Å². The molecule has 1 atom stereocenters. The Labute approximate surface area is 132 Å². The van der Waals surface area contributed by atoms with E-state index >= 15 is 0 Å². The van der Waals surface area contributed by atoms with Gasteiger partial charge in [-0.05, 0) is 24.3 Å². The molecule has 0 bridgehead atoms. The number of nitrogens with zero attached hydrogens (tertiary/aromatic N) is 2. The summed E-state index contributed by atoms with van der Waals surface area (Å²) in [5.41, 5.74) is 1.57. The Kier molecular flexibility index (Phi) is 4.55. The zero-order valence-electron chi connectivity index (χ0n) is 12.4. The summed E-state index contributed by atoms with van der Waals surface area (Å²) in [6.07, 6.45) is -0.863. The number of aromatic nitrogens is 2. The SMILES string of the molecule is OCc1nc2ccccc2n1CC(O)COc1ccccc1F. The highest BCUT2D eigenvalue weighted by atomic mass is 19.1. The van der Waals surface area contributed by atoms with Gasteiger partial charge in [0.25, 0.3) is 0 Å². The standard InChI is InChI=1S/C17H17FN2O3/c18-13-5-1-4-8-16(13)23-11-12(22)9-20-15-7-3-2-6-14(15)19-17(20)10-21/h1-8,12,21-22H,9-11H2. The van der Waals surface area contributed by atoms with Crippen LogP contribution < -0.4 is 4.74 Å². The van der Waals surface area contributed by atoms with E-state index < -0.39 is 11.9 Å². The first-order valence-electron chi connectivity index (χ1n) is 7.29. The molecule has 0 radical (unpaired) electrons. The minimum atomic E-state index is -0.863. The van der Waals surface area contributed by atoms with Crippen molar-refractivity contribution in [2.45, 2.75) is 19.3 Å². The van der Waals surface area contributed by atoms with E-state index in [0.29, 0.717) is 5.82 Å². The molecule has 0 aliphatic carbocycles. The number of aliphatic hydroxyl groups is 2. The molecule has 120 valence electrons. The van der Waals surface area contributed by atoms with Crippen LogP contribution in [0.25, 0.3) is 11.0 Å². The van der Waals surface area contributed by atoms with E-state index in [2.05, 4.69) is 4.98 Å². The van der Waals surface area contributed by atoms with Crippen LogP contribution in [0.4, 0.5) is 4.39 Å². The fraction of sp³-hybridized carbons (Fsp3) is 0.235. The fourth-order valence-corrected chi connectivity index (χ4v) is 2.46. The number of para-hydroxylation sites is 3. The highest BCUT2D eigenvalue weighted by molar-refractivity contribution is 5.75. The molecule has 0 fully saturated rings. The second-order valence-corrected chi connectivity index (χ2v) is 5.18. The van der Waals surface area contributed by atoms with Crippen LogP contribution in [-0.2, 0) is 13.2 Å². The first-order chi connectivity index (χ1) is 11.2. The molecule has 0 aliphatic rings. The molecule has 3 aromatic rings. The molecule has 0 amide bonds. The number of fused-ring (bicyclic) bond motifs is 1. The van der Waals surface area contributed by atoms with Gasteiger partial charge in [-0.1, -0.05) is 24.3 Å². The number of ether oxygens (including phenoxy) is 1. The Balaban J connectivity index is 1.73. The summed E-state index contributed by atoms with van der Waals surface area (Å²) in [6.45, 7) is -0.0846. The Morgan fingerprint density at radius 1 is 1.13 bits per heavy atom. The molecule has 2 aromatic carbocycles. The highest BCUT2D eigenvalue weighted by Crippen LogP contribution is 2.18. The Morgan fingerprint density at radius 2 is 1.87 bits per heavy atom. The van der Waals surface area contributed by atoms with Crippen molar-refractivity contribution in [3.8, 4) is 5.75 Å². The second kappa shape index (κ2) is 6.76. The van der Waals surface area contributed by atoms with Crippen LogP contribution >= 0.6 is 0 Å². The Morgan fingerprint density at radius 3 is 2.65 bits per heavy atom. The average molecular weight is 316 g/mol. The maximum Gasteiger partial charge on any atom is 0.165 e. The van der Waals surface area contributed by atoms with Gasteiger partial charge in [0.1, 0.15) is 25.1 Å².